The maximum atomic E-state index is 11.7. The number of hydrogen-bond donors (Lipinski definition) is 2. The van der Waals surface area contributed by atoms with Crippen molar-refractivity contribution in [3.8, 4) is 0 Å². The lowest BCUT2D eigenvalue weighted by Crippen LogP contribution is -2.13. The fraction of sp³-hybridized carbons (Fsp3) is 0. The molecule has 1 heterocycles. The van der Waals surface area contributed by atoms with Crippen molar-refractivity contribution in [2.75, 3.05) is 5.32 Å². The van der Waals surface area contributed by atoms with Crippen LogP contribution in [-0.4, -0.2) is 17.0 Å². The molecule has 2 N–H and O–H groups in total. The van der Waals surface area contributed by atoms with Crippen LogP contribution in [0.2, 0.25) is 0 Å². The molecule has 0 saturated carbocycles. The normalized spacial score (nSPS) is 9.88. The topological polar surface area (TPSA) is 79.5 Å². The number of benzene rings is 1. The monoisotopic (exact) mass is 231 g/mol. The number of carbonyl (C=O) groups is 2. The van der Waals surface area contributed by atoms with E-state index in [1.54, 1.807) is 18.2 Å². The Morgan fingerprint density at radius 2 is 1.88 bits per heavy atom. The Kier molecular flexibility index (Phi) is 2.91. The number of nitrogens with one attached hydrogen (secondary N) is 1. The van der Waals surface area contributed by atoms with Crippen molar-refractivity contribution in [1.29, 1.82) is 0 Å². The van der Waals surface area contributed by atoms with Gasteiger partial charge in [0.05, 0.1) is 17.5 Å². The predicted octanol–water partition coefficient (Wildman–Crippen LogP) is 2.23. The zero-order valence-corrected chi connectivity index (χ0v) is 8.71. The Labute approximate surface area is 96.7 Å². The van der Waals surface area contributed by atoms with Gasteiger partial charge in [0.2, 0.25) is 0 Å². The van der Waals surface area contributed by atoms with Gasteiger partial charge in [-0.1, -0.05) is 12.1 Å². The number of rotatable bonds is 3. The molecule has 17 heavy (non-hydrogen) atoms. The Morgan fingerprint density at radius 1 is 1.12 bits per heavy atom. The quantitative estimate of drug-likeness (QED) is 0.848. The zero-order valence-electron chi connectivity index (χ0n) is 8.71. The molecule has 0 aliphatic heterocycles. The van der Waals surface area contributed by atoms with Gasteiger partial charge >= 0.3 is 5.97 Å². The number of para-hydroxylation sites is 1. The van der Waals surface area contributed by atoms with Gasteiger partial charge in [-0.25, -0.2) is 4.79 Å². The van der Waals surface area contributed by atoms with Crippen molar-refractivity contribution in [2.45, 2.75) is 0 Å². The van der Waals surface area contributed by atoms with Gasteiger partial charge in [0.1, 0.15) is 0 Å². The van der Waals surface area contributed by atoms with Crippen LogP contribution in [-0.2, 0) is 0 Å². The summed E-state index contributed by atoms with van der Waals surface area (Å²) in [4.78, 5) is 22.6. The molecule has 1 aromatic carbocycles. The van der Waals surface area contributed by atoms with Crippen LogP contribution in [0.25, 0.3) is 0 Å². The van der Waals surface area contributed by atoms with E-state index < -0.39 is 11.9 Å². The maximum Gasteiger partial charge on any atom is 0.337 e. The van der Waals surface area contributed by atoms with Crippen LogP contribution in [0.1, 0.15) is 20.9 Å². The largest absolute Gasteiger partial charge is 0.478 e. The van der Waals surface area contributed by atoms with E-state index in [1.807, 2.05) is 0 Å². The first-order valence-corrected chi connectivity index (χ1v) is 4.85. The molecule has 2 rings (SSSR count). The molecule has 0 atom stereocenters. The Bertz CT molecular complexity index is 545. The fourth-order valence-corrected chi connectivity index (χ4v) is 1.37. The maximum absolute atomic E-state index is 11.7. The molecule has 2 aromatic rings. The number of hydrogen-bond acceptors (Lipinski definition) is 3. The highest BCUT2D eigenvalue weighted by Crippen LogP contribution is 2.16. The molecule has 0 saturated heterocycles. The number of carboxylic acids is 1. The first kappa shape index (κ1) is 10.9. The summed E-state index contributed by atoms with van der Waals surface area (Å²) >= 11 is 0. The minimum absolute atomic E-state index is 0.0346. The molecule has 0 spiro atoms. The molecule has 1 amide bonds. The summed E-state index contributed by atoms with van der Waals surface area (Å²) in [5.41, 5.74) is 0.272. The van der Waals surface area contributed by atoms with E-state index in [-0.39, 0.29) is 17.0 Å². The molecule has 0 fully saturated rings. The summed E-state index contributed by atoms with van der Waals surface area (Å²) < 4.78 is 4.91. The summed E-state index contributed by atoms with van der Waals surface area (Å²) in [6.45, 7) is 0. The molecular formula is C12H9NO4. The number of amides is 1. The molecule has 1 aromatic heterocycles. The standard InChI is InChI=1S/C12H9NO4/c14-11(10-6-3-7-17-10)13-9-5-2-1-4-8(9)12(15)16/h1-7H,(H,13,14)(H,15,16). The van der Waals surface area contributed by atoms with E-state index in [9.17, 15) is 9.59 Å². The van der Waals surface area contributed by atoms with Crippen molar-refractivity contribution in [2.24, 2.45) is 0 Å². The van der Waals surface area contributed by atoms with Gasteiger partial charge < -0.3 is 14.8 Å². The van der Waals surface area contributed by atoms with E-state index in [4.69, 9.17) is 9.52 Å². The highest BCUT2D eigenvalue weighted by atomic mass is 16.4. The lowest BCUT2D eigenvalue weighted by atomic mass is 10.2. The van der Waals surface area contributed by atoms with Crippen molar-refractivity contribution < 1.29 is 19.1 Å². The number of carbonyl (C=O) groups excluding carboxylic acids is 1. The van der Waals surface area contributed by atoms with Gasteiger partial charge in [0, 0.05) is 0 Å². The van der Waals surface area contributed by atoms with Crippen molar-refractivity contribution in [1.82, 2.24) is 0 Å². The molecule has 0 unspecified atom stereocenters. The molecule has 0 radical (unpaired) electrons. The van der Waals surface area contributed by atoms with E-state index in [1.165, 1.54) is 24.5 Å². The third-order valence-electron chi connectivity index (χ3n) is 2.15. The second-order valence-corrected chi connectivity index (χ2v) is 3.28. The van der Waals surface area contributed by atoms with Crippen LogP contribution in [0.3, 0.4) is 0 Å². The van der Waals surface area contributed by atoms with Gasteiger partial charge in [0.15, 0.2) is 5.76 Å². The Balaban J connectivity index is 2.25. The van der Waals surface area contributed by atoms with Crippen LogP contribution >= 0.6 is 0 Å². The summed E-state index contributed by atoms with van der Waals surface area (Å²) in [5.74, 6) is -1.45. The van der Waals surface area contributed by atoms with Crippen LogP contribution < -0.4 is 5.32 Å². The summed E-state index contributed by atoms with van der Waals surface area (Å²) in [7, 11) is 0. The molecule has 0 aliphatic rings. The van der Waals surface area contributed by atoms with Crippen molar-refractivity contribution >= 4 is 17.6 Å². The Hall–Kier alpha value is -2.56. The molecule has 5 nitrogen and oxygen atoms in total. The lowest BCUT2D eigenvalue weighted by Gasteiger charge is -2.06. The van der Waals surface area contributed by atoms with Crippen molar-refractivity contribution in [3.05, 3.63) is 54.0 Å². The number of carboxylic acid groups (broad SMARTS) is 1. The number of aromatic carboxylic acids is 1. The average molecular weight is 231 g/mol. The zero-order chi connectivity index (χ0) is 12.3. The van der Waals surface area contributed by atoms with Gasteiger partial charge in [0.25, 0.3) is 5.91 Å². The predicted molar refractivity (Wildman–Crippen MR) is 60.1 cm³/mol. The lowest BCUT2D eigenvalue weighted by molar-refractivity contribution is 0.0698. The molecular weight excluding hydrogens is 222 g/mol. The van der Waals surface area contributed by atoms with E-state index in [2.05, 4.69) is 5.32 Å². The molecule has 0 bridgehead atoms. The summed E-state index contributed by atoms with van der Waals surface area (Å²) in [5, 5.41) is 11.4. The van der Waals surface area contributed by atoms with Gasteiger partial charge in [-0.2, -0.15) is 0 Å². The highest BCUT2D eigenvalue weighted by molar-refractivity contribution is 6.06. The third-order valence-corrected chi connectivity index (χ3v) is 2.15. The first-order chi connectivity index (χ1) is 8.18. The minimum Gasteiger partial charge on any atom is -0.478 e. The van der Waals surface area contributed by atoms with Crippen LogP contribution in [0.5, 0.6) is 0 Å². The fourth-order valence-electron chi connectivity index (χ4n) is 1.37. The van der Waals surface area contributed by atoms with E-state index in [0.717, 1.165) is 0 Å². The smallest absolute Gasteiger partial charge is 0.337 e. The minimum atomic E-state index is -1.10. The van der Waals surface area contributed by atoms with Gasteiger partial charge in [-0.3, -0.25) is 4.79 Å². The SMILES string of the molecule is O=C(Nc1ccccc1C(=O)O)c1ccco1. The summed E-state index contributed by atoms with van der Waals surface area (Å²) in [6, 6.07) is 9.25. The van der Waals surface area contributed by atoms with Crippen LogP contribution in [0.15, 0.2) is 47.1 Å². The van der Waals surface area contributed by atoms with Gasteiger partial charge in [-0.15, -0.1) is 0 Å². The molecule has 0 aliphatic carbocycles. The second kappa shape index (κ2) is 4.52. The van der Waals surface area contributed by atoms with Crippen LogP contribution in [0.4, 0.5) is 5.69 Å². The van der Waals surface area contributed by atoms with Crippen molar-refractivity contribution in [3.63, 3.8) is 0 Å². The third kappa shape index (κ3) is 2.34. The van der Waals surface area contributed by atoms with E-state index >= 15 is 0 Å². The molecule has 86 valence electrons. The van der Waals surface area contributed by atoms with Gasteiger partial charge in [-0.05, 0) is 24.3 Å². The number of furan rings is 1. The highest BCUT2D eigenvalue weighted by Gasteiger charge is 2.14. The van der Waals surface area contributed by atoms with Crippen LogP contribution in [0, 0.1) is 0 Å². The first-order valence-electron chi connectivity index (χ1n) is 4.85. The molecule has 5 heteroatoms. The Morgan fingerprint density at radius 3 is 2.53 bits per heavy atom. The summed E-state index contributed by atoms with van der Waals surface area (Å²) in [6.07, 6.45) is 1.37. The average Bonchev–Trinajstić information content (AvgIpc) is 2.83. The second-order valence-electron chi connectivity index (χ2n) is 3.28. The van der Waals surface area contributed by atoms with E-state index in [0.29, 0.717) is 0 Å². The number of anilines is 1.